The molecule has 1 unspecified atom stereocenters. The molecule has 8 heteroatoms. The molecular formula is C17H20N2O5S. The summed E-state index contributed by atoms with van der Waals surface area (Å²) in [4.78, 5) is 26.1. The minimum absolute atomic E-state index is 0.128. The Bertz CT molecular complexity index is 801. The van der Waals surface area contributed by atoms with Crippen LogP contribution >= 0.6 is 0 Å². The number of hydrogen-bond donors (Lipinski definition) is 3. The molecule has 0 bridgehead atoms. The van der Waals surface area contributed by atoms with Crippen molar-refractivity contribution in [3.8, 4) is 5.75 Å². The van der Waals surface area contributed by atoms with Crippen molar-refractivity contribution in [3.05, 3.63) is 58.0 Å². The smallest absolute Gasteiger partial charge is 0.335 e. The molecule has 0 fully saturated rings. The van der Waals surface area contributed by atoms with Gasteiger partial charge in [-0.2, -0.15) is 0 Å². The number of ether oxygens (including phenoxy) is 1. The van der Waals surface area contributed by atoms with E-state index in [1.807, 2.05) is 6.92 Å². The van der Waals surface area contributed by atoms with Crippen LogP contribution in [-0.4, -0.2) is 26.9 Å². The summed E-state index contributed by atoms with van der Waals surface area (Å²) in [5.41, 5.74) is 0.468. The fourth-order valence-corrected chi connectivity index (χ4v) is 2.83. The van der Waals surface area contributed by atoms with Gasteiger partial charge in [0.15, 0.2) is 5.75 Å². The van der Waals surface area contributed by atoms with E-state index in [4.69, 9.17) is 9.84 Å². The number of pyridine rings is 1. The van der Waals surface area contributed by atoms with Crippen LogP contribution in [0.5, 0.6) is 5.75 Å². The predicted molar refractivity (Wildman–Crippen MR) is 94.1 cm³/mol. The normalized spacial score (nSPS) is 11.9. The van der Waals surface area contributed by atoms with Gasteiger partial charge in [0.1, 0.15) is 11.0 Å². The molecule has 0 aliphatic rings. The number of nitrogens with one attached hydrogen (secondary N) is 2. The highest BCUT2D eigenvalue weighted by molar-refractivity contribution is 7.83. The molecular weight excluding hydrogens is 344 g/mol. The SMILES string of the molecule is CCCCOc1c[nH]c(CNS(=O)c2ccc(C(=O)O)cc2)cc1=O. The van der Waals surface area contributed by atoms with Crippen molar-refractivity contribution in [3.63, 3.8) is 0 Å². The van der Waals surface area contributed by atoms with Crippen LogP contribution in [0.4, 0.5) is 0 Å². The number of benzene rings is 1. The minimum atomic E-state index is -1.52. The summed E-state index contributed by atoms with van der Waals surface area (Å²) in [6.45, 7) is 2.73. The second-order valence-corrected chi connectivity index (χ2v) is 6.61. The predicted octanol–water partition coefficient (Wildman–Crippen LogP) is 2.06. The third-order valence-electron chi connectivity index (χ3n) is 3.40. The fourth-order valence-electron chi connectivity index (χ4n) is 1.99. The number of aromatic nitrogens is 1. The Morgan fingerprint density at radius 2 is 2.04 bits per heavy atom. The molecule has 134 valence electrons. The Labute approximate surface area is 147 Å². The fraction of sp³-hybridized carbons (Fsp3) is 0.294. The first kappa shape index (κ1) is 18.9. The highest BCUT2D eigenvalue weighted by Crippen LogP contribution is 2.09. The number of aromatic carboxylic acids is 1. The molecule has 0 spiro atoms. The molecule has 3 N–H and O–H groups in total. The first-order valence-corrected chi connectivity index (χ1v) is 8.99. The Kier molecular flexibility index (Phi) is 6.91. The van der Waals surface area contributed by atoms with Crippen molar-refractivity contribution in [1.29, 1.82) is 0 Å². The lowest BCUT2D eigenvalue weighted by molar-refractivity contribution is 0.0697. The van der Waals surface area contributed by atoms with Gasteiger partial charge < -0.3 is 14.8 Å². The summed E-state index contributed by atoms with van der Waals surface area (Å²) in [5, 5.41) is 8.85. The Morgan fingerprint density at radius 3 is 2.64 bits per heavy atom. The number of H-pyrrole nitrogens is 1. The number of aromatic amines is 1. The van der Waals surface area contributed by atoms with Gasteiger partial charge in [0.25, 0.3) is 0 Å². The summed E-state index contributed by atoms with van der Waals surface area (Å²) < 4.78 is 20.3. The van der Waals surface area contributed by atoms with Crippen molar-refractivity contribution in [2.45, 2.75) is 31.2 Å². The summed E-state index contributed by atoms with van der Waals surface area (Å²) in [7, 11) is -1.52. The standard InChI is InChI=1S/C17H20N2O5S/c1-2-3-8-24-16-11-18-13(9-15(16)20)10-19-25(23)14-6-4-12(5-7-14)17(21)22/h4-7,9,11,19H,2-3,8,10H2,1H3,(H,18,20)(H,21,22). The molecule has 1 atom stereocenters. The summed E-state index contributed by atoms with van der Waals surface area (Å²) in [5.74, 6) is -0.772. The van der Waals surface area contributed by atoms with Crippen LogP contribution in [0.15, 0.2) is 46.2 Å². The van der Waals surface area contributed by atoms with Crippen LogP contribution in [0.1, 0.15) is 35.8 Å². The highest BCUT2D eigenvalue weighted by Gasteiger charge is 2.08. The lowest BCUT2D eigenvalue weighted by Crippen LogP contribution is -2.19. The van der Waals surface area contributed by atoms with E-state index < -0.39 is 17.0 Å². The maximum Gasteiger partial charge on any atom is 0.335 e. The largest absolute Gasteiger partial charge is 0.488 e. The molecule has 0 aliphatic heterocycles. The summed E-state index contributed by atoms with van der Waals surface area (Å²) in [6.07, 6.45) is 3.36. The van der Waals surface area contributed by atoms with Crippen molar-refractivity contribution < 1.29 is 18.8 Å². The zero-order valence-electron chi connectivity index (χ0n) is 13.8. The lowest BCUT2D eigenvalue weighted by atomic mass is 10.2. The van der Waals surface area contributed by atoms with Crippen LogP contribution in [0.25, 0.3) is 0 Å². The minimum Gasteiger partial charge on any atom is -0.488 e. The van der Waals surface area contributed by atoms with Crippen molar-refractivity contribution in [2.24, 2.45) is 0 Å². The van der Waals surface area contributed by atoms with Gasteiger partial charge in [0.2, 0.25) is 5.43 Å². The molecule has 0 saturated carbocycles. The number of carbonyl (C=O) groups is 1. The number of rotatable bonds is 9. The van der Waals surface area contributed by atoms with Gasteiger partial charge in [0, 0.05) is 24.5 Å². The number of carboxylic acids is 1. The van der Waals surface area contributed by atoms with Gasteiger partial charge in [-0.25, -0.2) is 13.7 Å². The maximum atomic E-state index is 12.2. The maximum absolute atomic E-state index is 12.2. The third-order valence-corrected chi connectivity index (χ3v) is 4.51. The first-order valence-electron chi connectivity index (χ1n) is 7.84. The second kappa shape index (κ2) is 9.14. The zero-order chi connectivity index (χ0) is 18.2. The van der Waals surface area contributed by atoms with E-state index in [0.29, 0.717) is 17.2 Å². The monoisotopic (exact) mass is 364 g/mol. The molecule has 1 heterocycles. The average molecular weight is 364 g/mol. The Morgan fingerprint density at radius 1 is 1.32 bits per heavy atom. The molecule has 2 aromatic rings. The van der Waals surface area contributed by atoms with E-state index in [1.54, 1.807) is 0 Å². The van der Waals surface area contributed by atoms with Crippen LogP contribution in [0.2, 0.25) is 0 Å². The van der Waals surface area contributed by atoms with Gasteiger partial charge >= 0.3 is 5.97 Å². The van der Waals surface area contributed by atoms with Gasteiger partial charge in [0.05, 0.1) is 17.1 Å². The van der Waals surface area contributed by atoms with Crippen LogP contribution in [-0.2, 0) is 17.5 Å². The number of carboxylic acid groups (broad SMARTS) is 1. The lowest BCUT2D eigenvalue weighted by Gasteiger charge is -2.07. The molecule has 2 rings (SSSR count). The number of unbranched alkanes of at least 4 members (excludes halogenated alkanes) is 1. The molecule has 0 radical (unpaired) electrons. The van der Waals surface area contributed by atoms with E-state index in [2.05, 4.69) is 9.71 Å². The quantitative estimate of drug-likeness (QED) is 0.590. The van der Waals surface area contributed by atoms with E-state index in [-0.39, 0.29) is 23.3 Å². The molecule has 7 nitrogen and oxygen atoms in total. The van der Waals surface area contributed by atoms with Crippen LogP contribution in [0, 0.1) is 0 Å². The summed E-state index contributed by atoms with van der Waals surface area (Å²) >= 11 is 0. The van der Waals surface area contributed by atoms with Gasteiger partial charge in [-0.15, -0.1) is 0 Å². The highest BCUT2D eigenvalue weighted by atomic mass is 32.2. The third kappa shape index (κ3) is 5.54. The zero-order valence-corrected chi connectivity index (χ0v) is 14.6. The molecule has 0 amide bonds. The van der Waals surface area contributed by atoms with Gasteiger partial charge in [-0.1, -0.05) is 13.3 Å². The molecule has 0 saturated heterocycles. The van der Waals surface area contributed by atoms with E-state index >= 15 is 0 Å². The molecule has 25 heavy (non-hydrogen) atoms. The van der Waals surface area contributed by atoms with Gasteiger partial charge in [-0.05, 0) is 30.7 Å². The Balaban J connectivity index is 1.94. The van der Waals surface area contributed by atoms with Crippen molar-refractivity contribution >= 4 is 17.0 Å². The second-order valence-electron chi connectivity index (χ2n) is 5.31. The molecule has 1 aromatic carbocycles. The molecule has 1 aromatic heterocycles. The van der Waals surface area contributed by atoms with E-state index in [0.717, 1.165) is 12.8 Å². The van der Waals surface area contributed by atoms with E-state index in [1.165, 1.54) is 36.5 Å². The van der Waals surface area contributed by atoms with Crippen LogP contribution < -0.4 is 14.9 Å². The molecule has 0 aliphatic carbocycles. The van der Waals surface area contributed by atoms with Crippen molar-refractivity contribution in [2.75, 3.05) is 6.61 Å². The Hall–Kier alpha value is -2.45. The first-order chi connectivity index (χ1) is 12.0. The topological polar surface area (TPSA) is 108 Å². The van der Waals surface area contributed by atoms with Gasteiger partial charge in [-0.3, -0.25) is 4.79 Å². The van der Waals surface area contributed by atoms with Crippen LogP contribution in [0.3, 0.4) is 0 Å². The van der Waals surface area contributed by atoms with Crippen molar-refractivity contribution in [1.82, 2.24) is 9.71 Å². The summed E-state index contributed by atoms with van der Waals surface area (Å²) in [6, 6.07) is 7.15. The number of hydrogen-bond acceptors (Lipinski definition) is 4. The average Bonchev–Trinajstić information content (AvgIpc) is 2.61. The van der Waals surface area contributed by atoms with E-state index in [9.17, 15) is 13.8 Å².